The summed E-state index contributed by atoms with van der Waals surface area (Å²) in [5, 5.41) is 11.6. The van der Waals surface area contributed by atoms with Gasteiger partial charge in [-0.2, -0.15) is 0 Å². The Labute approximate surface area is 125 Å². The minimum absolute atomic E-state index is 0.104. The number of carbonyl (C=O) groups is 2. The molecular weight excluding hydrogens is 278 g/mol. The molecule has 1 heterocycles. The van der Waals surface area contributed by atoms with Gasteiger partial charge in [-0.3, -0.25) is 4.79 Å². The number of aliphatic carboxylic acids is 1. The van der Waals surface area contributed by atoms with Gasteiger partial charge in [0.2, 0.25) is 0 Å². The third kappa shape index (κ3) is 7.26. The van der Waals surface area contributed by atoms with Crippen molar-refractivity contribution in [1.29, 1.82) is 0 Å². The standard InChI is InChI=1S/C13H25N3O5/c1-15(2)4-7-20-6-3-14-13(19)16-5-8-21-10-11(16)9-12(17)18/h11H,3-10H2,1-2H3,(H,14,19)(H,17,18). The van der Waals surface area contributed by atoms with E-state index in [1.807, 2.05) is 19.0 Å². The second-order valence-electron chi connectivity index (χ2n) is 5.17. The lowest BCUT2D eigenvalue weighted by atomic mass is 10.1. The number of nitrogens with one attached hydrogen (secondary N) is 1. The lowest BCUT2D eigenvalue weighted by molar-refractivity contribution is -0.139. The van der Waals surface area contributed by atoms with Crippen molar-refractivity contribution in [3.63, 3.8) is 0 Å². The molecule has 1 unspecified atom stereocenters. The normalized spacial score (nSPS) is 18.8. The van der Waals surface area contributed by atoms with Crippen LogP contribution in [0.2, 0.25) is 0 Å². The lowest BCUT2D eigenvalue weighted by Gasteiger charge is -2.34. The molecule has 0 saturated carbocycles. The number of urea groups is 1. The molecule has 1 saturated heterocycles. The number of ether oxygens (including phenoxy) is 2. The molecule has 1 atom stereocenters. The third-order valence-corrected chi connectivity index (χ3v) is 3.10. The van der Waals surface area contributed by atoms with Gasteiger partial charge < -0.3 is 29.7 Å². The van der Waals surface area contributed by atoms with Gasteiger partial charge in [0.05, 0.1) is 38.9 Å². The van der Waals surface area contributed by atoms with Crippen LogP contribution in [0.1, 0.15) is 6.42 Å². The zero-order valence-corrected chi connectivity index (χ0v) is 12.7. The van der Waals surface area contributed by atoms with E-state index >= 15 is 0 Å². The SMILES string of the molecule is CN(C)CCOCCNC(=O)N1CCOCC1CC(=O)O. The van der Waals surface area contributed by atoms with Crippen LogP contribution < -0.4 is 5.32 Å². The highest BCUT2D eigenvalue weighted by Gasteiger charge is 2.28. The molecule has 0 aromatic rings. The van der Waals surface area contributed by atoms with Crippen molar-refractivity contribution in [3.05, 3.63) is 0 Å². The number of carbonyl (C=O) groups excluding carboxylic acids is 1. The predicted octanol–water partition coefficient (Wildman–Crippen LogP) is -0.550. The molecule has 2 N–H and O–H groups in total. The van der Waals surface area contributed by atoms with Gasteiger partial charge in [0, 0.05) is 19.6 Å². The van der Waals surface area contributed by atoms with Crippen molar-refractivity contribution in [2.24, 2.45) is 0 Å². The van der Waals surface area contributed by atoms with Crippen LogP contribution in [0.4, 0.5) is 4.79 Å². The number of hydrogen-bond acceptors (Lipinski definition) is 5. The highest BCUT2D eigenvalue weighted by atomic mass is 16.5. The quantitative estimate of drug-likeness (QED) is 0.585. The molecule has 0 radical (unpaired) electrons. The number of likely N-dealkylation sites (N-methyl/N-ethyl adjacent to an activating group) is 1. The zero-order chi connectivity index (χ0) is 15.7. The summed E-state index contributed by atoms with van der Waals surface area (Å²) in [7, 11) is 3.93. The Bertz CT molecular complexity index is 338. The van der Waals surface area contributed by atoms with Gasteiger partial charge >= 0.3 is 12.0 Å². The van der Waals surface area contributed by atoms with Gasteiger partial charge in [-0.15, -0.1) is 0 Å². The van der Waals surface area contributed by atoms with Gasteiger partial charge in [-0.25, -0.2) is 4.79 Å². The predicted molar refractivity (Wildman–Crippen MR) is 76.3 cm³/mol. The zero-order valence-electron chi connectivity index (χ0n) is 12.7. The van der Waals surface area contributed by atoms with Crippen molar-refractivity contribution in [2.45, 2.75) is 12.5 Å². The van der Waals surface area contributed by atoms with Crippen LogP contribution in [0.5, 0.6) is 0 Å². The van der Waals surface area contributed by atoms with E-state index in [9.17, 15) is 9.59 Å². The molecular formula is C13H25N3O5. The summed E-state index contributed by atoms with van der Waals surface area (Å²) < 4.78 is 10.6. The van der Waals surface area contributed by atoms with Gasteiger partial charge in [0.1, 0.15) is 0 Å². The third-order valence-electron chi connectivity index (χ3n) is 3.10. The number of amides is 2. The van der Waals surface area contributed by atoms with E-state index in [0.717, 1.165) is 6.54 Å². The van der Waals surface area contributed by atoms with E-state index in [-0.39, 0.29) is 19.1 Å². The molecule has 0 spiro atoms. The molecule has 2 amide bonds. The number of rotatable bonds is 8. The van der Waals surface area contributed by atoms with Gasteiger partial charge in [0.25, 0.3) is 0 Å². The molecule has 1 fully saturated rings. The Hall–Kier alpha value is -1.38. The Morgan fingerprint density at radius 3 is 2.86 bits per heavy atom. The molecule has 0 aromatic carbocycles. The average molecular weight is 303 g/mol. The summed E-state index contributed by atoms with van der Waals surface area (Å²) in [5.74, 6) is -0.935. The first kappa shape index (κ1) is 17.7. The molecule has 21 heavy (non-hydrogen) atoms. The molecule has 1 aliphatic heterocycles. The minimum atomic E-state index is -0.935. The van der Waals surface area contributed by atoms with Crippen molar-refractivity contribution in [2.75, 3.05) is 60.2 Å². The van der Waals surface area contributed by atoms with Crippen LogP contribution in [0.25, 0.3) is 0 Å². The number of morpholine rings is 1. The van der Waals surface area contributed by atoms with Crippen LogP contribution in [0, 0.1) is 0 Å². The van der Waals surface area contributed by atoms with E-state index in [1.165, 1.54) is 4.90 Å². The first-order valence-corrected chi connectivity index (χ1v) is 7.07. The molecule has 0 aromatic heterocycles. The van der Waals surface area contributed by atoms with Crippen LogP contribution in [-0.4, -0.2) is 93.1 Å². The van der Waals surface area contributed by atoms with Crippen LogP contribution in [0.15, 0.2) is 0 Å². The smallest absolute Gasteiger partial charge is 0.317 e. The summed E-state index contributed by atoms with van der Waals surface area (Å²) in [4.78, 5) is 26.4. The molecule has 1 aliphatic rings. The Kier molecular flexibility index (Phi) is 8.03. The fraction of sp³-hybridized carbons (Fsp3) is 0.846. The van der Waals surface area contributed by atoms with Gasteiger partial charge in [-0.05, 0) is 14.1 Å². The first-order valence-electron chi connectivity index (χ1n) is 7.07. The minimum Gasteiger partial charge on any atom is -0.481 e. The number of carboxylic acid groups (broad SMARTS) is 1. The number of carboxylic acids is 1. The largest absolute Gasteiger partial charge is 0.481 e. The van der Waals surface area contributed by atoms with Crippen molar-refractivity contribution >= 4 is 12.0 Å². The van der Waals surface area contributed by atoms with Gasteiger partial charge in [0.15, 0.2) is 0 Å². The molecule has 0 bridgehead atoms. The van der Waals surface area contributed by atoms with Crippen LogP contribution in [0.3, 0.4) is 0 Å². The first-order chi connectivity index (χ1) is 10.0. The number of nitrogens with zero attached hydrogens (tertiary/aromatic N) is 2. The van der Waals surface area contributed by atoms with E-state index in [4.69, 9.17) is 14.6 Å². The second kappa shape index (κ2) is 9.54. The lowest BCUT2D eigenvalue weighted by Crippen LogP contribution is -2.53. The fourth-order valence-corrected chi connectivity index (χ4v) is 1.97. The summed E-state index contributed by atoms with van der Waals surface area (Å²) in [6, 6.07) is -0.674. The van der Waals surface area contributed by atoms with E-state index in [1.54, 1.807) is 0 Å². The van der Waals surface area contributed by atoms with Crippen LogP contribution in [-0.2, 0) is 14.3 Å². The Balaban J connectivity index is 2.24. The molecule has 0 aliphatic carbocycles. The Morgan fingerprint density at radius 2 is 2.19 bits per heavy atom. The highest BCUT2D eigenvalue weighted by molar-refractivity contribution is 5.76. The van der Waals surface area contributed by atoms with E-state index < -0.39 is 12.0 Å². The molecule has 8 heteroatoms. The van der Waals surface area contributed by atoms with E-state index in [0.29, 0.717) is 32.9 Å². The maximum absolute atomic E-state index is 12.0. The van der Waals surface area contributed by atoms with Crippen LogP contribution >= 0.6 is 0 Å². The van der Waals surface area contributed by atoms with E-state index in [2.05, 4.69) is 5.32 Å². The molecule has 8 nitrogen and oxygen atoms in total. The molecule has 1 rings (SSSR count). The summed E-state index contributed by atoms with van der Waals surface area (Å²) >= 11 is 0. The van der Waals surface area contributed by atoms with Crippen molar-refractivity contribution in [3.8, 4) is 0 Å². The van der Waals surface area contributed by atoms with Crippen molar-refractivity contribution < 1.29 is 24.2 Å². The summed E-state index contributed by atoms with van der Waals surface area (Å²) in [6.07, 6.45) is -0.104. The second-order valence-corrected chi connectivity index (χ2v) is 5.17. The fourth-order valence-electron chi connectivity index (χ4n) is 1.97. The number of hydrogen-bond donors (Lipinski definition) is 2. The summed E-state index contributed by atoms with van der Waals surface area (Å²) in [5.41, 5.74) is 0. The Morgan fingerprint density at radius 1 is 1.43 bits per heavy atom. The average Bonchev–Trinajstić information content (AvgIpc) is 2.42. The van der Waals surface area contributed by atoms with Crippen molar-refractivity contribution in [1.82, 2.24) is 15.1 Å². The molecule has 122 valence electrons. The summed E-state index contributed by atoms with van der Waals surface area (Å²) in [6.45, 7) is 3.39. The maximum atomic E-state index is 12.0. The van der Waals surface area contributed by atoms with Gasteiger partial charge in [-0.1, -0.05) is 0 Å². The monoisotopic (exact) mass is 303 g/mol. The maximum Gasteiger partial charge on any atom is 0.317 e. The highest BCUT2D eigenvalue weighted by Crippen LogP contribution is 2.10. The topological polar surface area (TPSA) is 91.3 Å².